The summed E-state index contributed by atoms with van der Waals surface area (Å²) in [6, 6.07) is 12.0. The highest BCUT2D eigenvalue weighted by atomic mass is 79.9. The number of benzene rings is 2. The lowest BCUT2D eigenvalue weighted by Crippen LogP contribution is -2.00. The lowest BCUT2D eigenvalue weighted by molar-refractivity contribution is 0.299. The molecule has 0 aliphatic rings. The Morgan fingerprint density at radius 3 is 2.52 bits per heavy atom. The number of hydrogen-bond donors (Lipinski definition) is 1. The minimum atomic E-state index is -0.304. The number of nitrogens with zero attached hydrogens (tertiary/aromatic N) is 1. The van der Waals surface area contributed by atoms with Gasteiger partial charge >= 0.3 is 0 Å². The van der Waals surface area contributed by atoms with E-state index >= 15 is 0 Å². The molecule has 0 saturated carbocycles. The molecule has 0 aliphatic heterocycles. The summed E-state index contributed by atoms with van der Waals surface area (Å²) < 4.78 is 19.9. The van der Waals surface area contributed by atoms with E-state index in [1.807, 2.05) is 19.1 Å². The topological polar surface area (TPSA) is 41.8 Å². The Hall–Kier alpha value is -1.88. The maximum absolute atomic E-state index is 13.7. The van der Waals surface area contributed by atoms with Crippen molar-refractivity contribution >= 4 is 21.6 Å². The van der Waals surface area contributed by atoms with Gasteiger partial charge in [0.1, 0.15) is 18.2 Å². The van der Waals surface area contributed by atoms with Crippen LogP contribution < -0.4 is 4.74 Å². The van der Waals surface area contributed by atoms with Gasteiger partial charge in [0.05, 0.1) is 5.71 Å². The monoisotopic (exact) mass is 351 g/mol. The van der Waals surface area contributed by atoms with E-state index in [0.29, 0.717) is 27.9 Å². The largest absolute Gasteiger partial charge is 0.489 e. The maximum atomic E-state index is 13.7. The molecule has 2 rings (SSSR count). The lowest BCUT2D eigenvalue weighted by atomic mass is 10.1. The first-order valence-corrected chi connectivity index (χ1v) is 7.31. The van der Waals surface area contributed by atoms with Crippen molar-refractivity contribution in [3.8, 4) is 5.75 Å². The molecule has 0 atom stereocenters. The fourth-order valence-electron chi connectivity index (χ4n) is 1.88. The number of ether oxygens (including phenoxy) is 1. The zero-order chi connectivity index (χ0) is 15.2. The summed E-state index contributed by atoms with van der Waals surface area (Å²) in [6.07, 6.45) is 0.640. The van der Waals surface area contributed by atoms with Crippen LogP contribution in [0.3, 0.4) is 0 Å². The van der Waals surface area contributed by atoms with E-state index in [4.69, 9.17) is 9.94 Å². The van der Waals surface area contributed by atoms with Gasteiger partial charge in [-0.05, 0) is 48.4 Å². The molecule has 1 N–H and O–H groups in total. The molecular formula is C16H15BrFNO2. The SMILES string of the molecule is CC/C(=N\O)c1ccc(OCc2ccc(Br)cc2F)cc1. The molecule has 21 heavy (non-hydrogen) atoms. The summed E-state index contributed by atoms with van der Waals surface area (Å²) in [5.41, 5.74) is 1.94. The predicted octanol–water partition coefficient (Wildman–Crippen LogP) is 4.76. The zero-order valence-corrected chi connectivity index (χ0v) is 13.1. The van der Waals surface area contributed by atoms with Crippen LogP contribution in [0.5, 0.6) is 5.75 Å². The number of halogens is 2. The Labute approximate surface area is 131 Å². The van der Waals surface area contributed by atoms with Crippen LogP contribution in [0, 0.1) is 5.82 Å². The molecule has 0 spiro atoms. The van der Waals surface area contributed by atoms with Crippen molar-refractivity contribution in [3.63, 3.8) is 0 Å². The average Bonchev–Trinajstić information content (AvgIpc) is 2.49. The van der Waals surface area contributed by atoms with Gasteiger partial charge in [-0.25, -0.2) is 4.39 Å². The summed E-state index contributed by atoms with van der Waals surface area (Å²) in [5, 5.41) is 12.1. The van der Waals surface area contributed by atoms with Gasteiger partial charge in [0.25, 0.3) is 0 Å². The number of oxime groups is 1. The Bertz CT molecular complexity index is 641. The normalized spacial score (nSPS) is 11.5. The molecule has 2 aromatic rings. The van der Waals surface area contributed by atoms with E-state index < -0.39 is 0 Å². The molecule has 0 bridgehead atoms. The van der Waals surface area contributed by atoms with Crippen LogP contribution in [0.4, 0.5) is 4.39 Å². The Morgan fingerprint density at radius 2 is 1.95 bits per heavy atom. The minimum Gasteiger partial charge on any atom is -0.489 e. The van der Waals surface area contributed by atoms with Crippen LogP contribution in [-0.4, -0.2) is 10.9 Å². The third-order valence-electron chi connectivity index (χ3n) is 3.05. The molecule has 0 radical (unpaired) electrons. The molecule has 0 heterocycles. The van der Waals surface area contributed by atoms with E-state index in [2.05, 4.69) is 21.1 Å². The van der Waals surface area contributed by atoms with E-state index in [0.717, 1.165) is 5.56 Å². The first kappa shape index (κ1) is 15.5. The molecule has 0 unspecified atom stereocenters. The van der Waals surface area contributed by atoms with E-state index in [-0.39, 0.29) is 12.4 Å². The van der Waals surface area contributed by atoms with Gasteiger partial charge in [-0.1, -0.05) is 34.1 Å². The van der Waals surface area contributed by atoms with Gasteiger partial charge < -0.3 is 9.94 Å². The van der Waals surface area contributed by atoms with Crippen molar-refractivity contribution in [1.82, 2.24) is 0 Å². The molecule has 0 aliphatic carbocycles. The second-order valence-electron chi connectivity index (χ2n) is 4.45. The second-order valence-corrected chi connectivity index (χ2v) is 5.36. The van der Waals surface area contributed by atoms with Crippen LogP contribution in [0.25, 0.3) is 0 Å². The van der Waals surface area contributed by atoms with Crippen LogP contribution >= 0.6 is 15.9 Å². The van der Waals surface area contributed by atoms with Crippen LogP contribution in [-0.2, 0) is 6.61 Å². The summed E-state index contributed by atoms with van der Waals surface area (Å²) in [5.74, 6) is 0.330. The van der Waals surface area contributed by atoms with Crippen LogP contribution in [0.1, 0.15) is 24.5 Å². The highest BCUT2D eigenvalue weighted by Gasteiger charge is 2.05. The van der Waals surface area contributed by atoms with Gasteiger partial charge in [-0.2, -0.15) is 0 Å². The average molecular weight is 352 g/mol. The van der Waals surface area contributed by atoms with Crippen molar-refractivity contribution in [2.75, 3.05) is 0 Å². The fourth-order valence-corrected chi connectivity index (χ4v) is 2.21. The van der Waals surface area contributed by atoms with E-state index in [9.17, 15) is 4.39 Å². The number of hydrogen-bond acceptors (Lipinski definition) is 3. The van der Waals surface area contributed by atoms with Crippen molar-refractivity contribution in [2.45, 2.75) is 20.0 Å². The fraction of sp³-hybridized carbons (Fsp3) is 0.188. The Kier molecular flexibility index (Phi) is 5.33. The summed E-state index contributed by atoms with van der Waals surface area (Å²) >= 11 is 3.21. The highest BCUT2D eigenvalue weighted by Crippen LogP contribution is 2.19. The predicted molar refractivity (Wildman–Crippen MR) is 83.5 cm³/mol. The van der Waals surface area contributed by atoms with Gasteiger partial charge in [-0.3, -0.25) is 0 Å². The summed E-state index contributed by atoms with van der Waals surface area (Å²) in [6.45, 7) is 2.07. The molecule has 2 aromatic carbocycles. The Morgan fingerprint density at radius 1 is 1.24 bits per heavy atom. The highest BCUT2D eigenvalue weighted by molar-refractivity contribution is 9.10. The smallest absolute Gasteiger partial charge is 0.130 e. The van der Waals surface area contributed by atoms with E-state index in [1.54, 1.807) is 24.3 Å². The van der Waals surface area contributed by atoms with Crippen LogP contribution in [0.15, 0.2) is 52.1 Å². The minimum absolute atomic E-state index is 0.160. The molecule has 0 saturated heterocycles. The molecule has 0 aromatic heterocycles. The maximum Gasteiger partial charge on any atom is 0.130 e. The standard InChI is InChI=1S/C16H15BrFNO2/c1-2-16(19-20)11-4-7-14(8-5-11)21-10-12-3-6-13(17)9-15(12)18/h3-9,20H,2,10H2,1H3/b19-16+. The molecule has 110 valence electrons. The first-order valence-electron chi connectivity index (χ1n) is 6.52. The molecular weight excluding hydrogens is 337 g/mol. The second kappa shape index (κ2) is 7.22. The molecule has 3 nitrogen and oxygen atoms in total. The summed E-state index contributed by atoms with van der Waals surface area (Å²) in [4.78, 5) is 0. The van der Waals surface area contributed by atoms with Gasteiger partial charge in [-0.15, -0.1) is 0 Å². The number of rotatable bonds is 5. The molecule has 5 heteroatoms. The van der Waals surface area contributed by atoms with E-state index in [1.165, 1.54) is 6.07 Å². The van der Waals surface area contributed by atoms with Crippen molar-refractivity contribution in [2.24, 2.45) is 5.16 Å². The Balaban J connectivity index is 2.04. The first-order chi connectivity index (χ1) is 10.1. The lowest BCUT2D eigenvalue weighted by Gasteiger charge is -2.08. The van der Waals surface area contributed by atoms with Crippen molar-refractivity contribution < 1.29 is 14.3 Å². The van der Waals surface area contributed by atoms with Gasteiger partial charge in [0.2, 0.25) is 0 Å². The third-order valence-corrected chi connectivity index (χ3v) is 3.55. The quantitative estimate of drug-likeness (QED) is 0.479. The van der Waals surface area contributed by atoms with Gasteiger partial charge in [0, 0.05) is 10.0 Å². The third kappa shape index (κ3) is 4.04. The molecule has 0 amide bonds. The van der Waals surface area contributed by atoms with Gasteiger partial charge in [0.15, 0.2) is 0 Å². The van der Waals surface area contributed by atoms with Crippen molar-refractivity contribution in [1.29, 1.82) is 0 Å². The zero-order valence-electron chi connectivity index (χ0n) is 11.5. The molecule has 0 fully saturated rings. The van der Waals surface area contributed by atoms with Crippen molar-refractivity contribution in [3.05, 3.63) is 63.9 Å². The summed E-state index contributed by atoms with van der Waals surface area (Å²) in [7, 11) is 0. The van der Waals surface area contributed by atoms with Crippen LogP contribution in [0.2, 0.25) is 0 Å².